The van der Waals surface area contributed by atoms with Crippen LogP contribution in [0.2, 0.25) is 5.02 Å². The van der Waals surface area contributed by atoms with E-state index in [1.165, 1.54) is 43.3 Å². The molecular formula is C25H23ClF2N4O5. The number of fused-ring (bicyclic) bond motifs is 1. The van der Waals surface area contributed by atoms with Crippen LogP contribution < -0.4 is 10.6 Å². The number of pyridine rings is 1. The number of aromatic nitrogens is 1. The van der Waals surface area contributed by atoms with Crippen LogP contribution in [0.5, 0.6) is 0 Å². The van der Waals surface area contributed by atoms with Crippen molar-refractivity contribution < 1.29 is 32.7 Å². The maximum absolute atomic E-state index is 14.8. The minimum absolute atomic E-state index is 0.0614. The summed E-state index contributed by atoms with van der Waals surface area (Å²) in [5, 5.41) is -0.122. The molecule has 37 heavy (non-hydrogen) atoms. The molecule has 9 nitrogen and oxygen atoms in total. The number of hydrogen-bond acceptors (Lipinski definition) is 7. The van der Waals surface area contributed by atoms with Gasteiger partial charge in [-0.1, -0.05) is 11.6 Å². The Bertz CT molecular complexity index is 1350. The van der Waals surface area contributed by atoms with Gasteiger partial charge in [-0.05, 0) is 43.0 Å². The Morgan fingerprint density at radius 1 is 1.22 bits per heavy atom. The molecule has 0 unspecified atom stereocenters. The maximum Gasteiger partial charge on any atom is 0.329 e. The van der Waals surface area contributed by atoms with Crippen molar-refractivity contribution in [2.45, 2.75) is 38.3 Å². The number of hydrogen-bond donors (Lipinski definition) is 1. The van der Waals surface area contributed by atoms with Crippen molar-refractivity contribution in [3.05, 3.63) is 58.3 Å². The van der Waals surface area contributed by atoms with Gasteiger partial charge in [0.05, 0.1) is 10.6 Å². The lowest BCUT2D eigenvalue weighted by Crippen LogP contribution is -2.47. The molecule has 0 radical (unpaired) electrons. The van der Waals surface area contributed by atoms with E-state index in [1.54, 1.807) is 0 Å². The van der Waals surface area contributed by atoms with Crippen LogP contribution in [0.4, 0.5) is 20.3 Å². The highest BCUT2D eigenvalue weighted by Crippen LogP contribution is 2.40. The van der Waals surface area contributed by atoms with Gasteiger partial charge in [0, 0.05) is 43.5 Å². The predicted molar refractivity (Wildman–Crippen MR) is 131 cm³/mol. The second-order valence-corrected chi connectivity index (χ2v) is 9.20. The molecular weight excluding hydrogens is 510 g/mol. The molecule has 0 aliphatic carbocycles. The van der Waals surface area contributed by atoms with Crippen molar-refractivity contribution in [3.63, 3.8) is 0 Å². The first-order valence-electron chi connectivity index (χ1n) is 11.4. The second kappa shape index (κ2) is 10.3. The minimum atomic E-state index is -1.02. The van der Waals surface area contributed by atoms with E-state index in [4.69, 9.17) is 22.1 Å². The third-order valence-corrected chi connectivity index (χ3v) is 6.83. The monoisotopic (exact) mass is 532 g/mol. The second-order valence-electron chi connectivity index (χ2n) is 8.80. The fourth-order valence-electron chi connectivity index (χ4n) is 4.59. The number of ketones is 1. The van der Waals surface area contributed by atoms with Crippen molar-refractivity contribution in [1.82, 2.24) is 9.88 Å². The van der Waals surface area contributed by atoms with E-state index in [1.807, 2.05) is 0 Å². The van der Waals surface area contributed by atoms with E-state index in [-0.39, 0.29) is 34.9 Å². The molecule has 1 fully saturated rings. The van der Waals surface area contributed by atoms with Crippen molar-refractivity contribution in [1.29, 1.82) is 0 Å². The highest BCUT2D eigenvalue weighted by atomic mass is 35.5. The van der Waals surface area contributed by atoms with Gasteiger partial charge in [-0.25, -0.2) is 18.6 Å². The summed E-state index contributed by atoms with van der Waals surface area (Å²) in [4.78, 5) is 55.9. The SMILES string of the molecule is CC(=O)N(C)c1nccc(C(=O)COC(=O)[C@@H]2CC[C@@H]3CC(c4c(N)ccc(Cl)c4F)=CC(=O)N32)c1F. The lowest BCUT2D eigenvalue weighted by molar-refractivity contribution is -0.152. The summed E-state index contributed by atoms with van der Waals surface area (Å²) in [7, 11) is 1.31. The number of nitrogens with two attached hydrogens (primary N) is 1. The number of esters is 1. The Hall–Kier alpha value is -3.86. The van der Waals surface area contributed by atoms with E-state index in [2.05, 4.69) is 4.98 Å². The van der Waals surface area contributed by atoms with Crippen LogP contribution >= 0.6 is 11.6 Å². The Kier molecular flexibility index (Phi) is 7.26. The molecule has 2 atom stereocenters. The zero-order chi connectivity index (χ0) is 27.0. The molecule has 1 aromatic carbocycles. The summed E-state index contributed by atoms with van der Waals surface area (Å²) < 4.78 is 34.6. The molecule has 1 aromatic heterocycles. The lowest BCUT2D eigenvalue weighted by Gasteiger charge is -2.33. The number of carbonyl (C=O) groups excluding carboxylic acids is 4. The number of halogens is 3. The van der Waals surface area contributed by atoms with Crippen molar-refractivity contribution in [2.24, 2.45) is 0 Å². The van der Waals surface area contributed by atoms with E-state index < -0.39 is 59.5 Å². The fraction of sp³-hybridized carbons (Fsp3) is 0.320. The molecule has 2 aliphatic heterocycles. The van der Waals surface area contributed by atoms with Gasteiger partial charge in [0.25, 0.3) is 0 Å². The summed E-state index contributed by atoms with van der Waals surface area (Å²) in [6.45, 7) is 0.449. The quantitative estimate of drug-likeness (QED) is 0.344. The van der Waals surface area contributed by atoms with Crippen molar-refractivity contribution >= 4 is 52.2 Å². The van der Waals surface area contributed by atoms with Gasteiger partial charge < -0.3 is 15.4 Å². The molecule has 1 saturated heterocycles. The Morgan fingerprint density at radius 3 is 2.65 bits per heavy atom. The standard InChI is InChI=1S/C25H23ClF2N4O5/c1-12(33)31(2)24-22(27)15(7-8-30-24)19(34)11-37-25(36)18-6-3-14-9-13(10-20(35)32(14)18)21-17(29)5-4-16(26)23(21)28/h4-5,7-8,10,14,18H,3,6,9,11,29H2,1-2H3/t14-,18+/m1/s1. The van der Waals surface area contributed by atoms with Gasteiger partial charge in [0.15, 0.2) is 24.1 Å². The third-order valence-electron chi connectivity index (χ3n) is 6.54. The number of amides is 2. The van der Waals surface area contributed by atoms with Gasteiger partial charge in [-0.3, -0.25) is 19.3 Å². The van der Waals surface area contributed by atoms with Crippen LogP contribution in [0.15, 0.2) is 30.5 Å². The van der Waals surface area contributed by atoms with Crippen LogP contribution in [0.3, 0.4) is 0 Å². The van der Waals surface area contributed by atoms with Crippen LogP contribution in [0, 0.1) is 11.6 Å². The van der Waals surface area contributed by atoms with Crippen LogP contribution in [-0.4, -0.2) is 59.2 Å². The summed E-state index contributed by atoms with van der Waals surface area (Å²) in [5.41, 5.74) is 6.12. The summed E-state index contributed by atoms with van der Waals surface area (Å²) >= 11 is 5.88. The van der Waals surface area contributed by atoms with Gasteiger partial charge in [-0.15, -0.1) is 0 Å². The predicted octanol–water partition coefficient (Wildman–Crippen LogP) is 3.15. The average Bonchev–Trinajstić information content (AvgIpc) is 3.29. The molecule has 0 spiro atoms. The largest absolute Gasteiger partial charge is 0.456 e. The van der Waals surface area contributed by atoms with Crippen molar-refractivity contribution in [2.75, 3.05) is 24.3 Å². The first kappa shape index (κ1) is 26.2. The third kappa shape index (κ3) is 4.91. The summed E-state index contributed by atoms with van der Waals surface area (Å²) in [5.74, 6) is -4.72. The van der Waals surface area contributed by atoms with Gasteiger partial charge in [0.1, 0.15) is 6.04 Å². The van der Waals surface area contributed by atoms with Crippen molar-refractivity contribution in [3.8, 4) is 0 Å². The first-order valence-corrected chi connectivity index (χ1v) is 11.7. The van der Waals surface area contributed by atoms with Gasteiger partial charge in [-0.2, -0.15) is 0 Å². The molecule has 0 bridgehead atoms. The Labute approximate surface area is 215 Å². The van der Waals surface area contributed by atoms with E-state index in [0.717, 1.165) is 11.0 Å². The number of ether oxygens (including phenoxy) is 1. The van der Waals surface area contributed by atoms with E-state index >= 15 is 0 Å². The Balaban J connectivity index is 1.46. The molecule has 3 heterocycles. The average molecular weight is 533 g/mol. The molecule has 2 N–H and O–H groups in total. The Morgan fingerprint density at radius 2 is 1.95 bits per heavy atom. The first-order chi connectivity index (χ1) is 17.5. The van der Waals surface area contributed by atoms with Crippen LogP contribution in [0.1, 0.15) is 42.1 Å². The molecule has 194 valence electrons. The minimum Gasteiger partial charge on any atom is -0.456 e. The number of nitrogens with zero attached hydrogens (tertiary/aromatic N) is 3. The molecule has 2 aliphatic rings. The maximum atomic E-state index is 14.8. The fourth-order valence-corrected chi connectivity index (χ4v) is 4.75. The summed E-state index contributed by atoms with van der Waals surface area (Å²) in [6, 6.07) is 2.55. The van der Waals surface area contributed by atoms with Gasteiger partial charge >= 0.3 is 5.97 Å². The number of nitrogen functional groups attached to an aromatic ring is 1. The summed E-state index contributed by atoms with van der Waals surface area (Å²) in [6.07, 6.45) is 3.36. The van der Waals surface area contributed by atoms with E-state index in [9.17, 15) is 28.0 Å². The normalized spacial score (nSPS) is 18.8. The highest BCUT2D eigenvalue weighted by molar-refractivity contribution is 6.31. The zero-order valence-electron chi connectivity index (χ0n) is 20.0. The number of anilines is 2. The number of benzene rings is 1. The number of carbonyl (C=O) groups is 4. The molecule has 2 amide bonds. The lowest BCUT2D eigenvalue weighted by atomic mass is 9.92. The smallest absolute Gasteiger partial charge is 0.329 e. The molecule has 4 rings (SSSR count). The molecule has 0 saturated carbocycles. The van der Waals surface area contributed by atoms with Crippen LogP contribution in [-0.2, 0) is 19.1 Å². The van der Waals surface area contributed by atoms with E-state index in [0.29, 0.717) is 12.0 Å². The molecule has 12 heteroatoms. The van der Waals surface area contributed by atoms with Gasteiger partial charge in [0.2, 0.25) is 17.6 Å². The number of Topliss-reactive ketones (excluding diaryl/α,β-unsaturated/α-hetero) is 1. The van der Waals surface area contributed by atoms with Crippen LogP contribution in [0.25, 0.3) is 5.57 Å². The topological polar surface area (TPSA) is 123 Å². The highest BCUT2D eigenvalue weighted by Gasteiger charge is 2.44. The molecule has 2 aromatic rings. The number of rotatable bonds is 6. The zero-order valence-corrected chi connectivity index (χ0v) is 20.7.